The summed E-state index contributed by atoms with van der Waals surface area (Å²) in [5, 5.41) is 8.36. The number of carbonyl (C=O) groups excluding carboxylic acids is 1. The zero-order valence-electron chi connectivity index (χ0n) is 23.2. The number of carbonyl (C=O) groups is 1. The van der Waals surface area contributed by atoms with Crippen molar-refractivity contribution in [2.24, 2.45) is 0 Å². The minimum atomic E-state index is -0.125. The van der Waals surface area contributed by atoms with Crippen LogP contribution in [0.4, 0.5) is 0 Å². The van der Waals surface area contributed by atoms with Crippen molar-refractivity contribution in [3.05, 3.63) is 88.2 Å². The minimum Gasteiger partial charge on any atom is -0.512 e. The second kappa shape index (κ2) is 12.0. The van der Waals surface area contributed by atoms with Gasteiger partial charge in [0, 0.05) is 37.8 Å². The van der Waals surface area contributed by atoms with Crippen molar-refractivity contribution >= 4 is 16.9 Å². The van der Waals surface area contributed by atoms with Crippen LogP contribution in [0.15, 0.2) is 58.7 Å². The summed E-state index contributed by atoms with van der Waals surface area (Å²) in [5.41, 5.74) is 11.1. The fourth-order valence-corrected chi connectivity index (χ4v) is 4.31. The van der Waals surface area contributed by atoms with Crippen LogP contribution in [0.3, 0.4) is 0 Å². The Morgan fingerprint density at radius 3 is 2.08 bits per heavy atom. The van der Waals surface area contributed by atoms with E-state index in [1.54, 1.807) is 0 Å². The normalized spacial score (nSPS) is 11.5. The third-order valence-electron chi connectivity index (χ3n) is 5.85. The van der Waals surface area contributed by atoms with E-state index in [1.807, 2.05) is 12.1 Å². The molecule has 0 fully saturated rings. The minimum absolute atomic E-state index is 0. The van der Waals surface area contributed by atoms with Gasteiger partial charge in [0.25, 0.3) is 0 Å². The van der Waals surface area contributed by atoms with Crippen LogP contribution in [0.5, 0.6) is 0 Å². The Balaban J connectivity index is 0.000000532. The van der Waals surface area contributed by atoms with Crippen molar-refractivity contribution in [1.82, 2.24) is 4.98 Å². The van der Waals surface area contributed by atoms with Crippen LogP contribution in [-0.4, -0.2) is 15.9 Å². The van der Waals surface area contributed by atoms with Crippen molar-refractivity contribution in [3.63, 3.8) is 0 Å². The van der Waals surface area contributed by atoms with Gasteiger partial charge >= 0.3 is 0 Å². The molecule has 2 aromatic heterocycles. The van der Waals surface area contributed by atoms with Crippen molar-refractivity contribution in [1.29, 1.82) is 0 Å². The molecule has 5 heteroatoms. The molecular weight excluding hydrogens is 639 g/mol. The molecule has 0 aliphatic rings. The number of aromatic nitrogens is 1. The van der Waals surface area contributed by atoms with Gasteiger partial charge in [0.05, 0.1) is 11.3 Å². The van der Waals surface area contributed by atoms with Gasteiger partial charge < -0.3 is 9.52 Å². The first-order valence-corrected chi connectivity index (χ1v) is 12.2. The van der Waals surface area contributed by atoms with Gasteiger partial charge in [0.1, 0.15) is 5.76 Å². The van der Waals surface area contributed by atoms with E-state index in [2.05, 4.69) is 84.9 Å². The molecule has 2 aromatic carbocycles. The SMILES string of the molecule is CC(=O)/C=C(/C)O.Cc1[c-]c(-c2ccc3oc(-c4c(C)cc(C(C)(C)C)cc4C)cc3n2)cc(C)c1.[Ir]. The molecule has 0 amide bonds. The van der Waals surface area contributed by atoms with E-state index in [-0.39, 0.29) is 37.1 Å². The fraction of sp³-hybridized carbons (Fsp3) is 0.312. The first-order chi connectivity index (χ1) is 16.7. The van der Waals surface area contributed by atoms with Crippen molar-refractivity contribution < 1.29 is 34.4 Å². The molecule has 4 rings (SSSR count). The first-order valence-electron chi connectivity index (χ1n) is 12.2. The zero-order valence-corrected chi connectivity index (χ0v) is 25.6. The fourth-order valence-electron chi connectivity index (χ4n) is 4.31. The molecule has 197 valence electrons. The number of nitrogens with zero attached hydrogens (tertiary/aromatic N) is 1. The molecule has 0 aliphatic heterocycles. The largest absolute Gasteiger partial charge is 0.512 e. The van der Waals surface area contributed by atoms with E-state index >= 15 is 0 Å². The number of rotatable bonds is 3. The molecule has 4 nitrogen and oxygen atoms in total. The average Bonchev–Trinajstić information content (AvgIpc) is 3.14. The number of pyridine rings is 1. The monoisotopic (exact) mass is 675 g/mol. The third kappa shape index (κ3) is 7.74. The van der Waals surface area contributed by atoms with Crippen LogP contribution < -0.4 is 0 Å². The number of benzene rings is 2. The van der Waals surface area contributed by atoms with Gasteiger partial charge in [0.15, 0.2) is 11.4 Å². The Hall–Kier alpha value is -3.01. The quantitative estimate of drug-likeness (QED) is 0.135. The van der Waals surface area contributed by atoms with E-state index in [1.165, 1.54) is 42.2 Å². The number of ketones is 1. The Morgan fingerprint density at radius 2 is 1.59 bits per heavy atom. The summed E-state index contributed by atoms with van der Waals surface area (Å²) in [4.78, 5) is 14.9. The molecule has 0 atom stereocenters. The molecule has 0 saturated heterocycles. The molecule has 1 N–H and O–H groups in total. The van der Waals surface area contributed by atoms with Crippen LogP contribution >= 0.6 is 0 Å². The molecular formula is C32H36IrNO3-. The van der Waals surface area contributed by atoms with Crippen LogP contribution in [-0.2, 0) is 30.3 Å². The van der Waals surface area contributed by atoms with Crippen LogP contribution in [0.2, 0.25) is 0 Å². The van der Waals surface area contributed by atoms with E-state index in [0.717, 1.165) is 39.2 Å². The topological polar surface area (TPSA) is 63.3 Å². The smallest absolute Gasteiger partial charge is 0.155 e. The summed E-state index contributed by atoms with van der Waals surface area (Å²) < 4.78 is 6.21. The predicted molar refractivity (Wildman–Crippen MR) is 148 cm³/mol. The van der Waals surface area contributed by atoms with Gasteiger partial charge in [-0.2, -0.15) is 0 Å². The zero-order chi connectivity index (χ0) is 26.8. The van der Waals surface area contributed by atoms with Crippen molar-refractivity contribution in [3.8, 4) is 22.6 Å². The summed E-state index contributed by atoms with van der Waals surface area (Å²) >= 11 is 0. The maximum absolute atomic E-state index is 10.0. The summed E-state index contributed by atoms with van der Waals surface area (Å²) in [7, 11) is 0. The average molecular weight is 675 g/mol. The number of hydrogen-bond acceptors (Lipinski definition) is 4. The molecule has 0 spiro atoms. The van der Waals surface area contributed by atoms with Crippen molar-refractivity contribution in [2.45, 2.75) is 67.7 Å². The summed E-state index contributed by atoms with van der Waals surface area (Å²) in [6.07, 6.45) is 1.17. The van der Waals surface area contributed by atoms with E-state index < -0.39 is 0 Å². The van der Waals surface area contributed by atoms with E-state index in [0.29, 0.717) is 0 Å². The maximum atomic E-state index is 10.0. The van der Waals surface area contributed by atoms with Crippen LogP contribution in [0.1, 0.15) is 62.4 Å². The second-order valence-electron chi connectivity index (χ2n) is 10.6. The van der Waals surface area contributed by atoms with Crippen LogP contribution in [0, 0.1) is 33.8 Å². The molecule has 0 bridgehead atoms. The number of aliphatic hydroxyl groups excluding tert-OH is 1. The molecule has 4 aromatic rings. The second-order valence-corrected chi connectivity index (χ2v) is 10.6. The van der Waals surface area contributed by atoms with Crippen LogP contribution in [0.25, 0.3) is 33.7 Å². The van der Waals surface area contributed by atoms with Gasteiger partial charge in [0.2, 0.25) is 0 Å². The van der Waals surface area contributed by atoms with E-state index in [4.69, 9.17) is 14.5 Å². The number of furan rings is 1. The summed E-state index contributed by atoms with van der Waals surface area (Å²) in [6, 6.07) is 18.3. The molecule has 1 radical (unpaired) electrons. The van der Waals surface area contributed by atoms with Gasteiger partial charge in [-0.05, 0) is 61.6 Å². The first kappa shape index (κ1) is 30.2. The number of hydrogen-bond donors (Lipinski definition) is 1. The summed E-state index contributed by atoms with van der Waals surface area (Å²) in [5.74, 6) is 0.817. The van der Waals surface area contributed by atoms with Gasteiger partial charge in [-0.3, -0.25) is 9.78 Å². The molecule has 0 aliphatic carbocycles. The standard InChI is InChI=1S/C27H28NO.C5H8O2.Ir/c1-16-10-17(2)12-20(11-16)22-8-9-24-23(28-22)15-25(29-24)26-18(3)13-21(14-19(26)4)27(5,6)7;1-4(6)3-5(2)7;/h8-11,13-15H,1-7H3;3,6H,1-2H3;/q-1;;/b;4-3-;. The number of fused-ring (bicyclic) bond motifs is 1. The third-order valence-corrected chi connectivity index (χ3v) is 5.85. The number of allylic oxidation sites excluding steroid dienone is 2. The predicted octanol–water partition coefficient (Wildman–Crippen LogP) is 8.53. The Kier molecular flexibility index (Phi) is 9.82. The van der Waals surface area contributed by atoms with Gasteiger partial charge in [-0.25, -0.2) is 0 Å². The molecule has 0 saturated carbocycles. The number of aryl methyl sites for hydroxylation is 4. The molecule has 0 unspecified atom stereocenters. The van der Waals surface area contributed by atoms with E-state index in [9.17, 15) is 4.79 Å². The van der Waals surface area contributed by atoms with Gasteiger partial charge in [-0.15, -0.1) is 34.9 Å². The number of aliphatic hydroxyl groups is 1. The Morgan fingerprint density at radius 1 is 0.973 bits per heavy atom. The van der Waals surface area contributed by atoms with Crippen molar-refractivity contribution in [2.75, 3.05) is 0 Å². The summed E-state index contributed by atoms with van der Waals surface area (Å²) in [6.45, 7) is 18.1. The molecule has 2 heterocycles. The maximum Gasteiger partial charge on any atom is 0.155 e. The Bertz CT molecular complexity index is 1410. The Labute approximate surface area is 234 Å². The van der Waals surface area contributed by atoms with Gasteiger partial charge in [-0.1, -0.05) is 52.8 Å². The molecule has 37 heavy (non-hydrogen) atoms.